The number of aliphatic hydroxyl groups excluding tert-OH is 1. The first-order chi connectivity index (χ1) is 9.60. The Labute approximate surface area is 115 Å². The second-order valence-electron chi connectivity index (χ2n) is 4.29. The van der Waals surface area contributed by atoms with Crippen LogP contribution in [0.2, 0.25) is 0 Å². The standard InChI is InChI=1S/C15H14FNO3/c16-13-6-5-12(7-14(13)17)15(19)20-9-11-3-1-10(8-18)2-4-11/h1-7,18H,8-9,17H2. The molecule has 4 nitrogen and oxygen atoms in total. The Morgan fingerprint density at radius 2 is 1.80 bits per heavy atom. The van der Waals surface area contributed by atoms with Gasteiger partial charge in [-0.15, -0.1) is 0 Å². The summed E-state index contributed by atoms with van der Waals surface area (Å²) in [7, 11) is 0. The fraction of sp³-hybridized carbons (Fsp3) is 0.133. The van der Waals surface area contributed by atoms with Gasteiger partial charge in [0.15, 0.2) is 0 Å². The van der Waals surface area contributed by atoms with Crippen molar-refractivity contribution in [1.29, 1.82) is 0 Å². The summed E-state index contributed by atoms with van der Waals surface area (Å²) < 4.78 is 18.1. The number of hydrogen-bond donors (Lipinski definition) is 2. The van der Waals surface area contributed by atoms with Crippen LogP contribution in [-0.4, -0.2) is 11.1 Å². The van der Waals surface area contributed by atoms with Gasteiger partial charge >= 0.3 is 5.97 Å². The number of esters is 1. The molecule has 0 fully saturated rings. The van der Waals surface area contributed by atoms with E-state index in [1.54, 1.807) is 24.3 Å². The Morgan fingerprint density at radius 3 is 2.40 bits per heavy atom. The third-order valence-electron chi connectivity index (χ3n) is 2.81. The van der Waals surface area contributed by atoms with E-state index in [-0.39, 0.29) is 24.5 Å². The first-order valence-corrected chi connectivity index (χ1v) is 6.01. The van der Waals surface area contributed by atoms with Gasteiger partial charge in [0.25, 0.3) is 0 Å². The van der Waals surface area contributed by atoms with Crippen molar-refractivity contribution in [2.75, 3.05) is 5.73 Å². The van der Waals surface area contributed by atoms with Crippen molar-refractivity contribution < 1.29 is 19.0 Å². The molecule has 0 saturated carbocycles. The Hall–Kier alpha value is -2.40. The van der Waals surface area contributed by atoms with Gasteiger partial charge in [0.2, 0.25) is 0 Å². The molecule has 2 aromatic rings. The summed E-state index contributed by atoms with van der Waals surface area (Å²) in [5.41, 5.74) is 7.09. The number of nitrogen functional groups attached to an aromatic ring is 1. The van der Waals surface area contributed by atoms with Crippen LogP contribution in [0.1, 0.15) is 21.5 Å². The van der Waals surface area contributed by atoms with Crippen LogP contribution in [0.5, 0.6) is 0 Å². The lowest BCUT2D eigenvalue weighted by molar-refractivity contribution is 0.0472. The monoisotopic (exact) mass is 275 g/mol. The SMILES string of the molecule is Nc1cc(C(=O)OCc2ccc(CO)cc2)ccc1F. The van der Waals surface area contributed by atoms with Gasteiger partial charge in [-0.25, -0.2) is 9.18 Å². The highest BCUT2D eigenvalue weighted by molar-refractivity contribution is 5.90. The topological polar surface area (TPSA) is 72.6 Å². The smallest absolute Gasteiger partial charge is 0.338 e. The van der Waals surface area contributed by atoms with Gasteiger partial charge in [-0.2, -0.15) is 0 Å². The third kappa shape index (κ3) is 3.33. The van der Waals surface area contributed by atoms with Gasteiger partial charge in [0.1, 0.15) is 12.4 Å². The highest BCUT2D eigenvalue weighted by Crippen LogP contribution is 2.14. The van der Waals surface area contributed by atoms with Crippen molar-refractivity contribution >= 4 is 11.7 Å². The zero-order valence-electron chi connectivity index (χ0n) is 10.7. The highest BCUT2D eigenvalue weighted by atomic mass is 19.1. The number of anilines is 1. The van der Waals surface area contributed by atoms with Crippen molar-refractivity contribution in [2.45, 2.75) is 13.2 Å². The number of nitrogens with two attached hydrogens (primary N) is 1. The normalized spacial score (nSPS) is 10.3. The lowest BCUT2D eigenvalue weighted by atomic mass is 10.1. The van der Waals surface area contributed by atoms with Gasteiger partial charge in [-0.1, -0.05) is 24.3 Å². The van der Waals surface area contributed by atoms with Crippen LogP contribution in [-0.2, 0) is 18.0 Å². The Morgan fingerprint density at radius 1 is 1.15 bits per heavy atom. The Kier molecular flexibility index (Phi) is 4.32. The molecule has 0 saturated heterocycles. The van der Waals surface area contributed by atoms with Crippen LogP contribution in [0.25, 0.3) is 0 Å². The summed E-state index contributed by atoms with van der Waals surface area (Å²) in [5.74, 6) is -1.14. The Balaban J connectivity index is 1.98. The molecule has 0 spiro atoms. The van der Waals surface area contributed by atoms with E-state index < -0.39 is 11.8 Å². The molecule has 3 N–H and O–H groups in total. The van der Waals surface area contributed by atoms with E-state index in [1.807, 2.05) is 0 Å². The molecular formula is C15H14FNO3. The summed E-state index contributed by atoms with van der Waals surface area (Å²) in [6.45, 7) is 0.0662. The fourth-order valence-corrected chi connectivity index (χ4v) is 1.64. The number of aliphatic hydroxyl groups is 1. The van der Waals surface area contributed by atoms with E-state index >= 15 is 0 Å². The molecule has 0 bridgehead atoms. The van der Waals surface area contributed by atoms with Crippen molar-refractivity contribution in [3.63, 3.8) is 0 Å². The van der Waals surface area contributed by atoms with E-state index in [9.17, 15) is 9.18 Å². The molecule has 0 aromatic heterocycles. The average molecular weight is 275 g/mol. The minimum absolute atomic E-state index is 0.0328. The number of rotatable bonds is 4. The van der Waals surface area contributed by atoms with Gasteiger partial charge in [-0.05, 0) is 29.3 Å². The van der Waals surface area contributed by atoms with Crippen molar-refractivity contribution in [3.8, 4) is 0 Å². The first kappa shape index (κ1) is 14.0. The minimum atomic E-state index is -0.568. The summed E-state index contributed by atoms with van der Waals surface area (Å²) in [5, 5.41) is 8.92. The summed E-state index contributed by atoms with van der Waals surface area (Å²) in [6, 6.07) is 10.7. The molecule has 0 amide bonds. The average Bonchev–Trinajstić information content (AvgIpc) is 2.48. The zero-order valence-corrected chi connectivity index (χ0v) is 10.7. The molecule has 0 unspecified atom stereocenters. The van der Waals surface area contributed by atoms with Crippen molar-refractivity contribution in [1.82, 2.24) is 0 Å². The van der Waals surface area contributed by atoms with Gasteiger partial charge in [0.05, 0.1) is 17.9 Å². The van der Waals surface area contributed by atoms with Crippen LogP contribution >= 0.6 is 0 Å². The van der Waals surface area contributed by atoms with Gasteiger partial charge in [0, 0.05) is 0 Å². The number of carbonyl (C=O) groups is 1. The predicted octanol–water partition coefficient (Wildman–Crippen LogP) is 2.26. The molecule has 5 heteroatoms. The molecule has 0 aliphatic rings. The predicted molar refractivity (Wildman–Crippen MR) is 72.3 cm³/mol. The fourth-order valence-electron chi connectivity index (χ4n) is 1.64. The molecule has 2 rings (SSSR count). The van der Waals surface area contributed by atoms with Gasteiger partial charge in [-0.3, -0.25) is 0 Å². The van der Waals surface area contributed by atoms with Crippen LogP contribution in [0.4, 0.5) is 10.1 Å². The van der Waals surface area contributed by atoms with E-state index in [4.69, 9.17) is 15.6 Å². The van der Waals surface area contributed by atoms with Crippen LogP contribution < -0.4 is 5.73 Å². The molecule has 2 aromatic carbocycles. The largest absolute Gasteiger partial charge is 0.457 e. The van der Waals surface area contributed by atoms with Crippen molar-refractivity contribution in [2.24, 2.45) is 0 Å². The second kappa shape index (κ2) is 6.16. The molecule has 20 heavy (non-hydrogen) atoms. The van der Waals surface area contributed by atoms with E-state index in [0.717, 1.165) is 17.2 Å². The first-order valence-electron chi connectivity index (χ1n) is 6.01. The van der Waals surface area contributed by atoms with Gasteiger partial charge < -0.3 is 15.6 Å². The summed E-state index contributed by atoms with van der Waals surface area (Å²) in [6.07, 6.45) is 0. The summed E-state index contributed by atoms with van der Waals surface area (Å²) in [4.78, 5) is 11.8. The van der Waals surface area contributed by atoms with Crippen molar-refractivity contribution in [3.05, 3.63) is 65.0 Å². The molecule has 0 heterocycles. The molecular weight excluding hydrogens is 261 g/mol. The molecule has 0 atom stereocenters. The number of carbonyl (C=O) groups excluding carboxylic acids is 1. The van der Waals surface area contributed by atoms with E-state index in [2.05, 4.69) is 0 Å². The van der Waals surface area contributed by atoms with Crippen LogP contribution in [0.3, 0.4) is 0 Å². The maximum atomic E-state index is 13.0. The van der Waals surface area contributed by atoms with Crippen LogP contribution in [0.15, 0.2) is 42.5 Å². The Bertz CT molecular complexity index is 611. The number of benzene rings is 2. The second-order valence-corrected chi connectivity index (χ2v) is 4.29. The lowest BCUT2D eigenvalue weighted by Crippen LogP contribution is -2.06. The third-order valence-corrected chi connectivity index (χ3v) is 2.81. The number of halogens is 1. The quantitative estimate of drug-likeness (QED) is 0.663. The summed E-state index contributed by atoms with van der Waals surface area (Å²) >= 11 is 0. The van der Waals surface area contributed by atoms with Crippen LogP contribution in [0, 0.1) is 5.82 Å². The maximum Gasteiger partial charge on any atom is 0.338 e. The highest BCUT2D eigenvalue weighted by Gasteiger charge is 2.09. The minimum Gasteiger partial charge on any atom is -0.457 e. The number of hydrogen-bond acceptors (Lipinski definition) is 4. The van der Waals surface area contributed by atoms with E-state index in [1.165, 1.54) is 12.1 Å². The maximum absolute atomic E-state index is 13.0. The molecule has 0 aliphatic carbocycles. The molecule has 0 radical (unpaired) electrons. The zero-order chi connectivity index (χ0) is 14.5. The van der Waals surface area contributed by atoms with E-state index in [0.29, 0.717) is 0 Å². The number of ether oxygens (including phenoxy) is 1. The molecule has 0 aliphatic heterocycles. The lowest BCUT2D eigenvalue weighted by Gasteiger charge is -2.06. The molecule has 104 valence electrons.